The maximum absolute atomic E-state index is 13.6. The molecule has 4 heterocycles. The Bertz CT molecular complexity index is 1960. The molecule has 0 amide bonds. The summed E-state index contributed by atoms with van der Waals surface area (Å²) < 4.78 is 95.0. The van der Waals surface area contributed by atoms with Crippen LogP contribution in [0.5, 0.6) is 11.5 Å². The zero-order valence-corrected chi connectivity index (χ0v) is 28.9. The predicted molar refractivity (Wildman–Crippen MR) is 166 cm³/mol. The molecule has 6 aromatic rings. The van der Waals surface area contributed by atoms with Crippen molar-refractivity contribution in [2.75, 3.05) is 14.2 Å². The minimum Gasteiger partial charge on any atom is -0.497 e. The van der Waals surface area contributed by atoms with E-state index in [4.69, 9.17) is 19.4 Å². The van der Waals surface area contributed by atoms with Crippen LogP contribution in [-0.4, -0.2) is 43.7 Å². The minimum absolute atomic E-state index is 0. The van der Waals surface area contributed by atoms with Crippen LogP contribution in [0.25, 0.3) is 33.9 Å². The van der Waals surface area contributed by atoms with E-state index in [9.17, 15) is 26.3 Å². The fraction of sp³-hybridized carbons (Fsp3) is 0.200. The molecule has 2 aromatic carbocycles. The number of hydrogen-bond acceptors (Lipinski definition) is 6. The van der Waals surface area contributed by atoms with Crippen LogP contribution < -0.4 is 9.47 Å². The van der Waals surface area contributed by atoms with Gasteiger partial charge in [-0.2, -0.15) is 26.3 Å². The van der Waals surface area contributed by atoms with Crippen molar-refractivity contribution < 1.29 is 56.9 Å². The number of hydrogen-bond donors (Lipinski definition) is 0. The molecule has 0 saturated carbocycles. The molecule has 8 nitrogen and oxygen atoms in total. The Balaban J connectivity index is 0.00000486. The number of ether oxygens (including phenoxy) is 2. The molecule has 260 valence electrons. The number of halogens is 6. The van der Waals surface area contributed by atoms with Crippen molar-refractivity contribution >= 4 is 0 Å². The Hall–Kier alpha value is -4.97. The second kappa shape index (κ2) is 13.7. The summed E-state index contributed by atoms with van der Waals surface area (Å²) in [5.41, 5.74) is -1.06. The molecule has 0 aliphatic rings. The smallest absolute Gasteiger partial charge is 0.497 e. The first-order chi connectivity index (χ1) is 23.2. The number of benzene rings is 2. The van der Waals surface area contributed by atoms with E-state index >= 15 is 0 Å². The third kappa shape index (κ3) is 6.89. The van der Waals surface area contributed by atoms with Crippen molar-refractivity contribution in [1.29, 1.82) is 0 Å². The van der Waals surface area contributed by atoms with Gasteiger partial charge in [0, 0.05) is 40.1 Å². The minimum atomic E-state index is -4.73. The molecule has 0 N–H and O–H groups in total. The van der Waals surface area contributed by atoms with Gasteiger partial charge in [0.25, 0.3) is 0 Å². The Morgan fingerprint density at radius 3 is 1.24 bits per heavy atom. The molecule has 0 aliphatic heterocycles. The van der Waals surface area contributed by atoms with E-state index in [2.05, 4.69) is 22.6 Å². The second-order valence-corrected chi connectivity index (χ2v) is 11.3. The number of methoxy groups -OCH3 is 2. The topological polar surface area (TPSA) is 79.9 Å². The van der Waals surface area contributed by atoms with Crippen molar-refractivity contribution in [2.24, 2.45) is 0 Å². The predicted octanol–water partition coefficient (Wildman–Crippen LogP) is 8.16. The van der Waals surface area contributed by atoms with Gasteiger partial charge >= 0.3 is 33.4 Å². The van der Waals surface area contributed by atoms with Crippen LogP contribution in [-0.2, 0) is 38.8 Å². The number of aromatic nitrogens is 6. The quantitative estimate of drug-likeness (QED) is 0.114. The van der Waals surface area contributed by atoms with Crippen molar-refractivity contribution in [1.82, 2.24) is 29.5 Å². The van der Waals surface area contributed by atoms with Crippen LogP contribution >= 0.6 is 0 Å². The van der Waals surface area contributed by atoms with E-state index in [1.807, 2.05) is 0 Å². The van der Waals surface area contributed by atoms with Gasteiger partial charge in [0.05, 0.1) is 37.2 Å². The van der Waals surface area contributed by atoms with Crippen molar-refractivity contribution in [3.8, 4) is 45.4 Å². The molecular weight excluding hydrogens is 845 g/mol. The first-order valence-corrected chi connectivity index (χ1v) is 14.6. The van der Waals surface area contributed by atoms with Gasteiger partial charge in [-0.15, -0.1) is 12.1 Å². The van der Waals surface area contributed by atoms with Crippen molar-refractivity contribution in [2.45, 2.75) is 31.6 Å². The number of pyridine rings is 2. The van der Waals surface area contributed by atoms with Crippen LogP contribution in [0.4, 0.5) is 26.3 Å². The first-order valence-electron chi connectivity index (χ1n) is 14.6. The van der Waals surface area contributed by atoms with Crippen LogP contribution in [0.2, 0.25) is 0 Å². The zero-order chi connectivity index (χ0) is 35.1. The van der Waals surface area contributed by atoms with Gasteiger partial charge in [-0.25, -0.2) is 0 Å². The number of nitrogens with zero attached hydrogens (tertiary/aromatic N) is 6. The molecule has 4 aromatic heterocycles. The Morgan fingerprint density at radius 1 is 0.580 bits per heavy atom. The molecular formula is C35H26F6N6O2Pt. The molecule has 0 unspecified atom stereocenters. The maximum Gasteiger partial charge on any atom is 2.00 e. The van der Waals surface area contributed by atoms with E-state index in [1.165, 1.54) is 14.2 Å². The van der Waals surface area contributed by atoms with Crippen molar-refractivity contribution in [3.63, 3.8) is 0 Å². The van der Waals surface area contributed by atoms with Gasteiger partial charge in [-0.05, 0) is 25.0 Å². The maximum atomic E-state index is 13.6. The zero-order valence-electron chi connectivity index (χ0n) is 26.7. The summed E-state index contributed by atoms with van der Waals surface area (Å²) in [6.45, 7) is 3.49. The average molecular weight is 872 g/mol. The second-order valence-electron chi connectivity index (χ2n) is 11.3. The summed E-state index contributed by atoms with van der Waals surface area (Å²) in [7, 11) is 2.83. The molecule has 0 spiro atoms. The molecule has 0 bridgehead atoms. The summed E-state index contributed by atoms with van der Waals surface area (Å²) >= 11 is 0. The van der Waals surface area contributed by atoms with Crippen LogP contribution in [0.3, 0.4) is 0 Å². The Labute approximate surface area is 297 Å². The van der Waals surface area contributed by atoms with Gasteiger partial charge in [0.15, 0.2) is 0 Å². The first kappa shape index (κ1) is 36.3. The van der Waals surface area contributed by atoms with Gasteiger partial charge in [0.2, 0.25) is 0 Å². The summed E-state index contributed by atoms with van der Waals surface area (Å²) in [6.07, 6.45) is -4.42. The SMILES string of the molecule is COc1cc(C(C)(C)c2cc(OC)c(-c3ccccc3)c(-n3[c-]cc(C(F)(F)F)n3)n2)nc(-n2[c-]cc(C(F)(F)F)n2)c1-c1ccccc1.[Pt+2]. The number of alkyl halides is 6. The normalized spacial score (nSPS) is 12.0. The molecule has 0 aliphatic carbocycles. The largest absolute Gasteiger partial charge is 2.00 e. The summed E-state index contributed by atoms with van der Waals surface area (Å²) in [4.78, 5) is 9.62. The van der Waals surface area contributed by atoms with Gasteiger partial charge in [0.1, 0.15) is 11.5 Å². The molecule has 6 rings (SSSR count). The van der Waals surface area contributed by atoms with Crippen molar-refractivity contribution in [3.05, 3.63) is 120 Å². The number of rotatable bonds is 8. The van der Waals surface area contributed by atoms with Gasteiger partial charge in [-0.3, -0.25) is 20.2 Å². The summed E-state index contributed by atoms with van der Waals surface area (Å²) in [5.74, 6) is 0.514. The Morgan fingerprint density at radius 2 is 0.940 bits per heavy atom. The van der Waals surface area contributed by atoms with Crippen LogP contribution in [0, 0.1) is 12.4 Å². The summed E-state index contributed by atoms with van der Waals surface area (Å²) in [5, 5.41) is 7.47. The van der Waals surface area contributed by atoms with Gasteiger partial charge < -0.3 is 18.8 Å². The molecule has 50 heavy (non-hydrogen) atoms. The molecule has 0 radical (unpaired) electrons. The van der Waals surface area contributed by atoms with E-state index in [0.29, 0.717) is 22.3 Å². The summed E-state index contributed by atoms with van der Waals surface area (Å²) in [6, 6.07) is 22.3. The molecule has 15 heteroatoms. The molecule has 0 saturated heterocycles. The molecule has 0 atom stereocenters. The van der Waals surface area contributed by atoms with Crippen LogP contribution in [0.15, 0.2) is 84.9 Å². The fourth-order valence-electron chi connectivity index (χ4n) is 5.24. The van der Waals surface area contributed by atoms with Crippen LogP contribution in [0.1, 0.15) is 36.6 Å². The Kier molecular flexibility index (Phi) is 9.98. The van der Waals surface area contributed by atoms with E-state index in [0.717, 1.165) is 21.5 Å². The third-order valence-electron chi connectivity index (χ3n) is 7.82. The van der Waals surface area contributed by atoms with Gasteiger partial charge in [-0.1, -0.05) is 73.1 Å². The molecule has 0 fully saturated rings. The fourth-order valence-corrected chi connectivity index (χ4v) is 5.24. The third-order valence-corrected chi connectivity index (χ3v) is 7.82. The van der Waals surface area contributed by atoms with E-state index < -0.39 is 29.2 Å². The monoisotopic (exact) mass is 871 g/mol. The van der Waals surface area contributed by atoms with E-state index in [1.54, 1.807) is 86.6 Å². The average Bonchev–Trinajstić information content (AvgIpc) is 3.79. The standard InChI is InChI=1S/C35H26F6N6O2.Pt/c1-33(2,27-19-23(48-3)29(21-11-7-5-8-12-21)31(42-27)46-17-15-25(44-46)34(36,37)38)28-20-24(49-4)30(22-13-9-6-10-14-22)32(43-28)47-18-16-26(45-47)35(39,40)41;/h5-16,19-20H,1-4H3;/q-2;+2. The van der Waals surface area contributed by atoms with E-state index in [-0.39, 0.29) is 55.6 Å².